The molecule has 4 nitrogen and oxygen atoms in total. The van der Waals surface area contributed by atoms with Crippen LogP contribution in [0.4, 0.5) is 0 Å². The Bertz CT molecular complexity index is 109. The Morgan fingerprint density at radius 3 is 1.31 bits per heavy atom. The second-order valence-corrected chi connectivity index (χ2v) is 3.48. The first-order chi connectivity index (χ1) is 6.78. The summed E-state index contributed by atoms with van der Waals surface area (Å²) in [5, 5.41) is 24.3. The van der Waals surface area contributed by atoms with Crippen LogP contribution in [0.1, 0.15) is 26.7 Å². The van der Waals surface area contributed by atoms with Gasteiger partial charge in [0.2, 0.25) is 0 Å². The SMILES string of the molecule is CC[C@H](CO)NCCN[C@H](CC)CO.Cl.Cl. The molecule has 0 radical (unpaired) electrons. The summed E-state index contributed by atoms with van der Waals surface area (Å²) < 4.78 is 0. The Labute approximate surface area is 111 Å². The van der Waals surface area contributed by atoms with E-state index in [1.165, 1.54) is 0 Å². The normalized spacial score (nSPS) is 13.5. The number of nitrogens with one attached hydrogen (secondary N) is 2. The minimum Gasteiger partial charge on any atom is -0.395 e. The van der Waals surface area contributed by atoms with E-state index in [2.05, 4.69) is 10.6 Å². The lowest BCUT2D eigenvalue weighted by atomic mass is 10.2. The smallest absolute Gasteiger partial charge is 0.0584 e. The lowest BCUT2D eigenvalue weighted by Gasteiger charge is -2.17. The maximum Gasteiger partial charge on any atom is 0.0584 e. The summed E-state index contributed by atoms with van der Waals surface area (Å²) in [6, 6.07) is 0.400. The lowest BCUT2D eigenvalue weighted by molar-refractivity contribution is 0.229. The van der Waals surface area contributed by atoms with Gasteiger partial charge in [-0.05, 0) is 12.8 Å². The van der Waals surface area contributed by atoms with Crippen molar-refractivity contribution in [3.63, 3.8) is 0 Å². The zero-order valence-electron chi connectivity index (χ0n) is 10.1. The second kappa shape index (κ2) is 15.4. The Hall–Kier alpha value is 0.420. The molecule has 0 amide bonds. The molecule has 6 heteroatoms. The highest BCUT2D eigenvalue weighted by Gasteiger charge is 2.04. The number of aliphatic hydroxyl groups excluding tert-OH is 2. The molecule has 0 fully saturated rings. The largest absolute Gasteiger partial charge is 0.395 e. The van der Waals surface area contributed by atoms with E-state index in [-0.39, 0.29) is 50.1 Å². The van der Waals surface area contributed by atoms with Gasteiger partial charge in [0.25, 0.3) is 0 Å². The van der Waals surface area contributed by atoms with E-state index < -0.39 is 0 Å². The molecule has 0 aromatic carbocycles. The Kier molecular flexibility index (Phi) is 20.9. The third kappa shape index (κ3) is 10.9. The van der Waals surface area contributed by atoms with Crippen molar-refractivity contribution in [3.05, 3.63) is 0 Å². The molecular weight excluding hydrogens is 251 g/mol. The van der Waals surface area contributed by atoms with Gasteiger partial charge in [0.1, 0.15) is 0 Å². The fraction of sp³-hybridized carbons (Fsp3) is 1.00. The van der Waals surface area contributed by atoms with Crippen molar-refractivity contribution < 1.29 is 10.2 Å². The van der Waals surface area contributed by atoms with E-state index in [0.29, 0.717) is 0 Å². The van der Waals surface area contributed by atoms with E-state index in [9.17, 15) is 0 Å². The fourth-order valence-electron chi connectivity index (χ4n) is 1.23. The first kappa shape index (κ1) is 21.7. The highest BCUT2D eigenvalue weighted by molar-refractivity contribution is 5.85. The van der Waals surface area contributed by atoms with Crippen LogP contribution in [-0.2, 0) is 0 Å². The van der Waals surface area contributed by atoms with Gasteiger partial charge in [-0.25, -0.2) is 0 Å². The monoisotopic (exact) mass is 276 g/mol. The molecule has 0 unspecified atom stereocenters. The molecule has 0 saturated carbocycles. The summed E-state index contributed by atoms with van der Waals surface area (Å²) in [7, 11) is 0. The molecule has 16 heavy (non-hydrogen) atoms. The topological polar surface area (TPSA) is 64.5 Å². The zero-order valence-corrected chi connectivity index (χ0v) is 11.7. The van der Waals surface area contributed by atoms with Gasteiger partial charge < -0.3 is 20.8 Å². The maximum atomic E-state index is 8.90. The van der Waals surface area contributed by atoms with Crippen molar-refractivity contribution in [1.29, 1.82) is 0 Å². The van der Waals surface area contributed by atoms with Crippen LogP contribution in [0.25, 0.3) is 0 Å². The van der Waals surface area contributed by atoms with E-state index in [1.54, 1.807) is 0 Å². The number of hydrogen-bond donors (Lipinski definition) is 4. The number of hydrogen-bond acceptors (Lipinski definition) is 4. The lowest BCUT2D eigenvalue weighted by Crippen LogP contribution is -2.40. The molecule has 0 aliphatic heterocycles. The van der Waals surface area contributed by atoms with E-state index in [1.807, 2.05) is 13.8 Å². The van der Waals surface area contributed by atoms with E-state index in [0.717, 1.165) is 25.9 Å². The minimum atomic E-state index is 0. The predicted octanol–water partition coefficient (Wildman–Crippen LogP) is 0.551. The molecular formula is C10H26Cl2N2O2. The van der Waals surface area contributed by atoms with Crippen LogP contribution in [0.3, 0.4) is 0 Å². The predicted molar refractivity (Wildman–Crippen MR) is 72.8 cm³/mol. The summed E-state index contributed by atoms with van der Waals surface area (Å²) in [6.07, 6.45) is 1.88. The highest BCUT2D eigenvalue weighted by atomic mass is 35.5. The van der Waals surface area contributed by atoms with Crippen LogP contribution >= 0.6 is 24.8 Å². The maximum absolute atomic E-state index is 8.90. The van der Waals surface area contributed by atoms with Gasteiger partial charge in [0, 0.05) is 25.2 Å². The summed E-state index contributed by atoms with van der Waals surface area (Å²) in [5.41, 5.74) is 0. The van der Waals surface area contributed by atoms with E-state index in [4.69, 9.17) is 10.2 Å². The molecule has 0 spiro atoms. The van der Waals surface area contributed by atoms with Gasteiger partial charge in [-0.15, -0.1) is 24.8 Å². The van der Waals surface area contributed by atoms with Crippen LogP contribution in [0, 0.1) is 0 Å². The molecule has 0 aliphatic rings. The van der Waals surface area contributed by atoms with Gasteiger partial charge in [0.05, 0.1) is 13.2 Å². The molecule has 0 aromatic rings. The molecule has 0 saturated heterocycles. The molecule has 0 aromatic heterocycles. The van der Waals surface area contributed by atoms with Crippen molar-refractivity contribution in [2.24, 2.45) is 0 Å². The van der Waals surface area contributed by atoms with Gasteiger partial charge in [-0.1, -0.05) is 13.8 Å². The van der Waals surface area contributed by atoms with Crippen molar-refractivity contribution in [2.75, 3.05) is 26.3 Å². The Balaban J connectivity index is -0.000000845. The van der Waals surface area contributed by atoms with Gasteiger partial charge in [-0.2, -0.15) is 0 Å². The molecule has 0 aliphatic carbocycles. The average molecular weight is 277 g/mol. The number of halogens is 2. The summed E-state index contributed by atoms with van der Waals surface area (Å²) in [6.45, 7) is 6.13. The Morgan fingerprint density at radius 1 is 0.812 bits per heavy atom. The van der Waals surface area contributed by atoms with Crippen molar-refractivity contribution in [3.8, 4) is 0 Å². The molecule has 0 heterocycles. The minimum absolute atomic E-state index is 0. The third-order valence-corrected chi connectivity index (χ3v) is 2.42. The summed E-state index contributed by atoms with van der Waals surface area (Å²) in [4.78, 5) is 0. The highest BCUT2D eigenvalue weighted by Crippen LogP contribution is 1.89. The quantitative estimate of drug-likeness (QED) is 0.465. The number of aliphatic hydroxyl groups is 2. The van der Waals surface area contributed by atoms with Crippen LogP contribution in [0.5, 0.6) is 0 Å². The standard InChI is InChI=1S/C10H24N2O2.2ClH/c1-3-9(7-13)11-5-6-12-10(4-2)8-14;;/h9-14H,3-8H2,1-2H3;2*1H/t9-,10-;;/m1../s1. The average Bonchev–Trinajstić information content (AvgIpc) is 2.24. The second-order valence-electron chi connectivity index (χ2n) is 3.48. The van der Waals surface area contributed by atoms with Crippen LogP contribution < -0.4 is 10.6 Å². The fourth-order valence-corrected chi connectivity index (χ4v) is 1.23. The summed E-state index contributed by atoms with van der Waals surface area (Å²) >= 11 is 0. The van der Waals surface area contributed by atoms with Crippen molar-refractivity contribution >= 4 is 24.8 Å². The van der Waals surface area contributed by atoms with Crippen LogP contribution in [0.15, 0.2) is 0 Å². The molecule has 0 bridgehead atoms. The first-order valence-corrected chi connectivity index (χ1v) is 5.46. The van der Waals surface area contributed by atoms with Gasteiger partial charge >= 0.3 is 0 Å². The molecule has 0 rings (SSSR count). The first-order valence-electron chi connectivity index (χ1n) is 5.46. The molecule has 2 atom stereocenters. The van der Waals surface area contributed by atoms with Crippen molar-refractivity contribution in [1.82, 2.24) is 10.6 Å². The molecule has 102 valence electrons. The zero-order chi connectivity index (χ0) is 10.8. The van der Waals surface area contributed by atoms with Crippen LogP contribution in [0.2, 0.25) is 0 Å². The van der Waals surface area contributed by atoms with Gasteiger partial charge in [-0.3, -0.25) is 0 Å². The Morgan fingerprint density at radius 2 is 1.12 bits per heavy atom. The van der Waals surface area contributed by atoms with Crippen molar-refractivity contribution in [2.45, 2.75) is 38.8 Å². The molecule has 4 N–H and O–H groups in total. The number of rotatable bonds is 9. The van der Waals surface area contributed by atoms with Gasteiger partial charge in [0.15, 0.2) is 0 Å². The summed E-state index contributed by atoms with van der Waals surface area (Å²) in [5.74, 6) is 0. The van der Waals surface area contributed by atoms with Crippen LogP contribution in [-0.4, -0.2) is 48.6 Å². The van der Waals surface area contributed by atoms with E-state index >= 15 is 0 Å². The third-order valence-electron chi connectivity index (χ3n) is 2.42.